The second-order valence-corrected chi connectivity index (χ2v) is 11.1. The lowest BCUT2D eigenvalue weighted by Crippen LogP contribution is -2.53. The number of hydrogen-bond donors (Lipinski definition) is 2. The van der Waals surface area contributed by atoms with Gasteiger partial charge in [-0.25, -0.2) is 0 Å². The maximum Gasteiger partial charge on any atom is 0.0417 e. The van der Waals surface area contributed by atoms with E-state index in [0.29, 0.717) is 12.1 Å². The highest BCUT2D eigenvalue weighted by molar-refractivity contribution is 7.99. The highest BCUT2D eigenvalue weighted by atomic mass is 35.5. The van der Waals surface area contributed by atoms with E-state index >= 15 is 0 Å². The lowest BCUT2D eigenvalue weighted by Gasteiger charge is -2.45. The molecule has 6 saturated heterocycles. The number of nitrogens with one attached hydrogen (secondary N) is 2. The quantitative estimate of drug-likeness (QED) is 0.406. The SMILES string of the molecule is Cl.Cl.Cl.Cl.c1cc(Sc2ccc(NC3CN4CCC3CC4)cc2)ccc1NC1CN2CCC1CC2. The molecule has 0 saturated carbocycles. The van der Waals surface area contributed by atoms with Gasteiger partial charge in [0.2, 0.25) is 0 Å². The van der Waals surface area contributed by atoms with Crippen LogP contribution in [0, 0.1) is 11.8 Å². The number of halogens is 4. The lowest BCUT2D eigenvalue weighted by atomic mass is 9.84. The molecule has 0 amide bonds. The molecule has 9 heteroatoms. The highest BCUT2D eigenvalue weighted by Gasteiger charge is 2.34. The molecule has 2 aromatic rings. The Morgan fingerprint density at radius 1 is 0.543 bits per heavy atom. The molecule has 6 heterocycles. The predicted octanol–water partition coefficient (Wildman–Crippen LogP) is 6.54. The number of anilines is 2. The summed E-state index contributed by atoms with van der Waals surface area (Å²) in [5, 5.41) is 7.60. The van der Waals surface area contributed by atoms with E-state index in [2.05, 4.69) is 69.0 Å². The summed E-state index contributed by atoms with van der Waals surface area (Å²) >= 11 is 1.85. The second kappa shape index (κ2) is 13.9. The molecule has 4 nitrogen and oxygen atoms in total. The molecule has 6 aliphatic rings. The molecule has 4 bridgehead atoms. The first-order valence-corrected chi connectivity index (χ1v) is 13.0. The molecule has 196 valence electrons. The van der Waals surface area contributed by atoms with Gasteiger partial charge in [-0.15, -0.1) is 49.6 Å². The van der Waals surface area contributed by atoms with Crippen molar-refractivity contribution in [2.75, 3.05) is 49.9 Å². The first-order valence-electron chi connectivity index (χ1n) is 12.1. The Morgan fingerprint density at radius 3 is 1.17 bits per heavy atom. The third-order valence-electron chi connectivity index (χ3n) is 7.96. The molecule has 6 fully saturated rings. The fourth-order valence-electron chi connectivity index (χ4n) is 6.06. The second-order valence-electron chi connectivity index (χ2n) is 9.93. The van der Waals surface area contributed by atoms with Crippen molar-refractivity contribution in [2.24, 2.45) is 11.8 Å². The average Bonchev–Trinajstić information content (AvgIpc) is 2.83. The van der Waals surface area contributed by atoms with E-state index in [0.717, 1.165) is 11.8 Å². The third-order valence-corrected chi connectivity index (χ3v) is 8.98. The summed E-state index contributed by atoms with van der Waals surface area (Å²) in [5.74, 6) is 1.71. The highest BCUT2D eigenvalue weighted by Crippen LogP contribution is 2.33. The molecule has 6 aliphatic heterocycles. The number of piperidine rings is 6. The van der Waals surface area contributed by atoms with Crippen LogP contribution in [0.25, 0.3) is 0 Å². The molecule has 0 spiro atoms. The van der Waals surface area contributed by atoms with Gasteiger partial charge in [0.25, 0.3) is 0 Å². The Labute approximate surface area is 239 Å². The summed E-state index contributed by atoms with van der Waals surface area (Å²) in [6.07, 6.45) is 5.43. The minimum Gasteiger partial charge on any atom is -0.381 e. The van der Waals surface area contributed by atoms with Gasteiger partial charge in [0.05, 0.1) is 0 Å². The van der Waals surface area contributed by atoms with Crippen LogP contribution in [-0.2, 0) is 0 Å². The van der Waals surface area contributed by atoms with E-state index in [-0.39, 0.29) is 49.6 Å². The van der Waals surface area contributed by atoms with Gasteiger partial charge >= 0.3 is 0 Å². The van der Waals surface area contributed by atoms with Gasteiger partial charge in [-0.1, -0.05) is 11.8 Å². The van der Waals surface area contributed by atoms with Crippen LogP contribution in [0.3, 0.4) is 0 Å². The zero-order chi connectivity index (χ0) is 20.6. The monoisotopic (exact) mass is 578 g/mol. The first-order chi connectivity index (χ1) is 15.3. The van der Waals surface area contributed by atoms with Crippen molar-refractivity contribution in [1.29, 1.82) is 0 Å². The van der Waals surface area contributed by atoms with Crippen LogP contribution >= 0.6 is 61.4 Å². The van der Waals surface area contributed by atoms with E-state index in [4.69, 9.17) is 0 Å². The number of rotatable bonds is 6. The van der Waals surface area contributed by atoms with Crippen molar-refractivity contribution in [3.63, 3.8) is 0 Å². The summed E-state index contributed by atoms with van der Waals surface area (Å²) in [5.41, 5.74) is 2.53. The van der Waals surface area contributed by atoms with Crippen molar-refractivity contribution < 1.29 is 0 Å². The van der Waals surface area contributed by atoms with Crippen LogP contribution in [0.2, 0.25) is 0 Å². The summed E-state index contributed by atoms with van der Waals surface area (Å²) < 4.78 is 0. The van der Waals surface area contributed by atoms with Gasteiger partial charge in [0.15, 0.2) is 0 Å². The third kappa shape index (κ3) is 7.28. The fourth-order valence-corrected chi connectivity index (χ4v) is 6.88. The zero-order valence-electron chi connectivity index (χ0n) is 19.9. The topological polar surface area (TPSA) is 30.5 Å². The standard InChI is InChI=1S/C26H34N4S.4ClH/c1-5-23(6-2-21(1)27-25-17-29-13-9-19(25)10-14-29)31-24-7-3-22(4-8-24)28-26-18-30-15-11-20(26)12-16-30;;;;/h1-8,19-20,25-28H,9-18H2;4*1H. The maximum atomic E-state index is 3.80. The number of hydrogen-bond acceptors (Lipinski definition) is 5. The number of benzene rings is 2. The normalized spacial score (nSPS) is 30.1. The van der Waals surface area contributed by atoms with E-state index in [1.165, 1.54) is 86.1 Å². The van der Waals surface area contributed by atoms with Crippen molar-refractivity contribution in [1.82, 2.24) is 9.80 Å². The summed E-state index contributed by atoms with van der Waals surface area (Å²) in [4.78, 5) is 7.82. The molecule has 0 aromatic heterocycles. The molecular formula is C26H38Cl4N4S. The van der Waals surface area contributed by atoms with Crippen LogP contribution in [-0.4, -0.2) is 61.2 Å². The van der Waals surface area contributed by atoms with Crippen molar-refractivity contribution in [3.8, 4) is 0 Å². The molecule has 2 unspecified atom stereocenters. The van der Waals surface area contributed by atoms with Gasteiger partial charge in [-0.05, 0) is 112 Å². The lowest BCUT2D eigenvalue weighted by molar-refractivity contribution is 0.0975. The Bertz CT molecular complexity index is 812. The predicted molar refractivity (Wildman–Crippen MR) is 159 cm³/mol. The summed E-state index contributed by atoms with van der Waals surface area (Å²) in [7, 11) is 0. The molecule has 2 atom stereocenters. The molecular weight excluding hydrogens is 542 g/mol. The molecule has 2 N–H and O–H groups in total. The van der Waals surface area contributed by atoms with Crippen LogP contribution in [0.1, 0.15) is 25.7 Å². The van der Waals surface area contributed by atoms with Gasteiger partial charge < -0.3 is 20.4 Å². The van der Waals surface area contributed by atoms with Crippen molar-refractivity contribution >= 4 is 72.8 Å². The zero-order valence-corrected chi connectivity index (χ0v) is 24.0. The fraction of sp³-hybridized carbons (Fsp3) is 0.538. The van der Waals surface area contributed by atoms with E-state index in [1.54, 1.807) is 0 Å². The Morgan fingerprint density at radius 2 is 0.886 bits per heavy atom. The molecule has 0 radical (unpaired) electrons. The molecule has 0 aliphatic carbocycles. The van der Waals surface area contributed by atoms with Crippen molar-refractivity contribution in [2.45, 2.75) is 47.6 Å². The summed E-state index contributed by atoms with van der Waals surface area (Å²) in [6, 6.07) is 19.3. The number of nitrogens with zero attached hydrogens (tertiary/aromatic N) is 2. The van der Waals surface area contributed by atoms with Crippen LogP contribution in [0.5, 0.6) is 0 Å². The van der Waals surface area contributed by atoms with Crippen LogP contribution < -0.4 is 10.6 Å². The van der Waals surface area contributed by atoms with Gasteiger partial charge in [0.1, 0.15) is 0 Å². The van der Waals surface area contributed by atoms with Crippen molar-refractivity contribution in [3.05, 3.63) is 48.5 Å². The molecule has 8 rings (SSSR count). The molecule has 2 aromatic carbocycles. The Balaban J connectivity index is 0.00000108. The Hall–Kier alpha value is -0.530. The van der Waals surface area contributed by atoms with Gasteiger partial charge in [0, 0.05) is 46.3 Å². The Kier molecular flexibility index (Phi) is 12.1. The maximum absolute atomic E-state index is 3.80. The summed E-state index contributed by atoms with van der Waals surface area (Å²) in [6.45, 7) is 7.61. The number of fused-ring (bicyclic) bond motifs is 6. The largest absolute Gasteiger partial charge is 0.381 e. The van der Waals surface area contributed by atoms with E-state index < -0.39 is 0 Å². The van der Waals surface area contributed by atoms with E-state index in [9.17, 15) is 0 Å². The average molecular weight is 580 g/mol. The molecule has 35 heavy (non-hydrogen) atoms. The van der Waals surface area contributed by atoms with Gasteiger partial charge in [-0.2, -0.15) is 0 Å². The van der Waals surface area contributed by atoms with Crippen LogP contribution in [0.15, 0.2) is 58.3 Å². The van der Waals surface area contributed by atoms with Crippen LogP contribution in [0.4, 0.5) is 11.4 Å². The van der Waals surface area contributed by atoms with Gasteiger partial charge in [-0.3, -0.25) is 0 Å². The minimum absolute atomic E-state index is 0. The minimum atomic E-state index is 0. The smallest absolute Gasteiger partial charge is 0.0417 e. The van der Waals surface area contributed by atoms with E-state index in [1.807, 2.05) is 11.8 Å². The first kappa shape index (κ1) is 30.7.